The molecule has 4 nitrogen and oxygen atoms in total. The van der Waals surface area contributed by atoms with E-state index in [9.17, 15) is 23.1 Å². The van der Waals surface area contributed by atoms with E-state index in [1.165, 1.54) is 12.1 Å². The molecular weight excluding hydrogens is 357 g/mol. The molecule has 1 aliphatic rings. The van der Waals surface area contributed by atoms with Gasteiger partial charge in [0.2, 0.25) is 0 Å². The number of carbonyl (C=O) groups is 1. The summed E-state index contributed by atoms with van der Waals surface area (Å²) in [6, 6.07) is 6.37. The lowest BCUT2D eigenvalue weighted by Gasteiger charge is -2.32. The van der Waals surface area contributed by atoms with Crippen LogP contribution in [0.25, 0.3) is 0 Å². The predicted molar refractivity (Wildman–Crippen MR) is 98.5 cm³/mol. The maximum absolute atomic E-state index is 13.5. The van der Waals surface area contributed by atoms with Crippen molar-refractivity contribution < 1.29 is 23.1 Å². The van der Waals surface area contributed by atoms with Crippen LogP contribution in [0.3, 0.4) is 0 Å². The van der Waals surface area contributed by atoms with Gasteiger partial charge in [0.05, 0.1) is 0 Å². The number of hydrazone groups is 1. The van der Waals surface area contributed by atoms with Crippen LogP contribution in [0.15, 0.2) is 29.4 Å². The summed E-state index contributed by atoms with van der Waals surface area (Å²) < 4.78 is 40.6. The molecule has 0 spiro atoms. The summed E-state index contributed by atoms with van der Waals surface area (Å²) in [5.41, 5.74) is -2.23. The van der Waals surface area contributed by atoms with Crippen molar-refractivity contribution in [1.82, 2.24) is 5.01 Å². The maximum atomic E-state index is 13.5. The van der Waals surface area contributed by atoms with E-state index >= 15 is 0 Å². The summed E-state index contributed by atoms with van der Waals surface area (Å²) in [5.74, 6) is -0.958. The Balaban J connectivity index is 2.31. The molecule has 0 aliphatic carbocycles. The molecule has 27 heavy (non-hydrogen) atoms. The van der Waals surface area contributed by atoms with Gasteiger partial charge in [-0.2, -0.15) is 23.3 Å². The second-order valence-electron chi connectivity index (χ2n) is 8.06. The smallest absolute Gasteiger partial charge is 0.362 e. The molecular formula is C20H27F3N2O2. The number of hydrogen-bond donors (Lipinski definition) is 1. The Labute approximate surface area is 158 Å². The highest BCUT2D eigenvalue weighted by Crippen LogP contribution is 2.41. The molecule has 1 atom stereocenters. The minimum Gasteiger partial charge on any atom is -0.362 e. The van der Waals surface area contributed by atoms with Gasteiger partial charge in [0, 0.05) is 17.7 Å². The molecule has 7 heteroatoms. The first-order valence-electron chi connectivity index (χ1n) is 9.20. The Kier molecular flexibility index (Phi) is 6.04. The summed E-state index contributed by atoms with van der Waals surface area (Å²) in [4.78, 5) is 12.7. The Bertz CT molecular complexity index is 705. The van der Waals surface area contributed by atoms with Crippen molar-refractivity contribution in [2.45, 2.75) is 77.1 Å². The van der Waals surface area contributed by atoms with Crippen LogP contribution in [0.4, 0.5) is 13.2 Å². The van der Waals surface area contributed by atoms with Crippen molar-refractivity contribution in [2.75, 3.05) is 0 Å². The SMILES string of the molecule is CCCCCC1=NN(C(=O)c2ccc(C(C)(C)C)cc2)[C@@](O)(C(F)(F)F)C1. The van der Waals surface area contributed by atoms with Gasteiger partial charge in [-0.15, -0.1) is 0 Å². The predicted octanol–water partition coefficient (Wildman–Crippen LogP) is 5.02. The number of hydrogen-bond acceptors (Lipinski definition) is 3. The first kappa shape index (κ1) is 21.4. The molecule has 1 amide bonds. The molecule has 1 N–H and O–H groups in total. The third-order valence-electron chi connectivity index (χ3n) is 4.76. The zero-order valence-electron chi connectivity index (χ0n) is 16.2. The van der Waals surface area contributed by atoms with Gasteiger partial charge in [0.25, 0.3) is 11.6 Å². The third-order valence-corrected chi connectivity index (χ3v) is 4.76. The number of alkyl halides is 3. The van der Waals surface area contributed by atoms with E-state index in [1.807, 2.05) is 27.7 Å². The number of benzene rings is 1. The van der Waals surface area contributed by atoms with Crippen molar-refractivity contribution in [3.05, 3.63) is 35.4 Å². The normalized spacial score (nSPS) is 20.7. The number of amides is 1. The van der Waals surface area contributed by atoms with Crippen LogP contribution in [-0.2, 0) is 5.41 Å². The van der Waals surface area contributed by atoms with E-state index in [0.29, 0.717) is 12.8 Å². The van der Waals surface area contributed by atoms with Crippen molar-refractivity contribution in [2.24, 2.45) is 5.10 Å². The Morgan fingerprint density at radius 3 is 2.26 bits per heavy atom. The highest BCUT2D eigenvalue weighted by Gasteiger charge is 2.63. The number of halogens is 3. The lowest BCUT2D eigenvalue weighted by atomic mass is 9.86. The zero-order valence-corrected chi connectivity index (χ0v) is 16.2. The molecule has 1 aromatic carbocycles. The zero-order chi connectivity index (χ0) is 20.5. The van der Waals surface area contributed by atoms with Gasteiger partial charge in [-0.1, -0.05) is 52.7 Å². The van der Waals surface area contributed by atoms with Gasteiger partial charge >= 0.3 is 6.18 Å². The minimum absolute atomic E-state index is 0.0595. The van der Waals surface area contributed by atoms with Crippen LogP contribution in [0.1, 0.15) is 75.7 Å². The second kappa shape index (κ2) is 7.62. The lowest BCUT2D eigenvalue weighted by Crippen LogP contribution is -2.56. The summed E-state index contributed by atoms with van der Waals surface area (Å²) in [6.07, 6.45) is -2.92. The molecule has 0 aromatic heterocycles. The molecule has 1 aromatic rings. The van der Waals surface area contributed by atoms with Crippen LogP contribution in [0.2, 0.25) is 0 Å². The molecule has 1 aliphatic heterocycles. The monoisotopic (exact) mass is 384 g/mol. The molecule has 150 valence electrons. The molecule has 0 bridgehead atoms. The van der Waals surface area contributed by atoms with E-state index in [1.54, 1.807) is 12.1 Å². The average molecular weight is 384 g/mol. The largest absolute Gasteiger partial charge is 0.438 e. The minimum atomic E-state index is -5.00. The fourth-order valence-electron chi connectivity index (χ4n) is 3.01. The average Bonchev–Trinajstić information content (AvgIpc) is 2.92. The van der Waals surface area contributed by atoms with Gasteiger partial charge < -0.3 is 5.11 Å². The van der Waals surface area contributed by atoms with E-state index in [4.69, 9.17) is 0 Å². The summed E-state index contributed by atoms with van der Waals surface area (Å²) >= 11 is 0. The second-order valence-corrected chi connectivity index (χ2v) is 8.06. The van der Waals surface area contributed by atoms with Crippen molar-refractivity contribution in [3.63, 3.8) is 0 Å². The van der Waals surface area contributed by atoms with Crippen LogP contribution >= 0.6 is 0 Å². The first-order valence-corrected chi connectivity index (χ1v) is 9.20. The number of rotatable bonds is 5. The molecule has 0 saturated heterocycles. The highest BCUT2D eigenvalue weighted by atomic mass is 19.4. The molecule has 0 saturated carbocycles. The van der Waals surface area contributed by atoms with Gasteiger partial charge in [0.15, 0.2) is 0 Å². The van der Waals surface area contributed by atoms with Gasteiger partial charge in [-0.3, -0.25) is 4.79 Å². The van der Waals surface area contributed by atoms with Crippen molar-refractivity contribution in [3.8, 4) is 0 Å². The fraction of sp³-hybridized carbons (Fsp3) is 0.600. The lowest BCUT2D eigenvalue weighted by molar-refractivity contribution is -0.297. The highest BCUT2D eigenvalue weighted by molar-refractivity contribution is 5.98. The Morgan fingerprint density at radius 1 is 1.19 bits per heavy atom. The van der Waals surface area contributed by atoms with E-state index < -0.39 is 24.2 Å². The molecule has 1 heterocycles. The van der Waals surface area contributed by atoms with Crippen LogP contribution in [-0.4, -0.2) is 33.6 Å². The van der Waals surface area contributed by atoms with E-state index in [2.05, 4.69) is 5.10 Å². The van der Waals surface area contributed by atoms with Crippen molar-refractivity contribution >= 4 is 11.6 Å². The number of nitrogens with zero attached hydrogens (tertiary/aromatic N) is 2. The quantitative estimate of drug-likeness (QED) is 0.725. The van der Waals surface area contributed by atoms with Gasteiger partial charge in [-0.25, -0.2) is 0 Å². The number of aliphatic hydroxyl groups is 1. The fourth-order valence-corrected chi connectivity index (χ4v) is 3.01. The first-order chi connectivity index (χ1) is 12.4. The standard InChI is InChI=1S/C20H27F3N2O2/c1-5-6-7-8-16-13-19(27,20(21,22)23)25(24-16)17(26)14-9-11-15(12-10-14)18(2,3)4/h9-12,27H,5-8,13H2,1-4H3/t19-/m0/s1. The van der Waals surface area contributed by atoms with Gasteiger partial charge in [0.1, 0.15) is 0 Å². The van der Waals surface area contributed by atoms with Gasteiger partial charge in [-0.05, 0) is 36.0 Å². The Hall–Kier alpha value is -1.89. The van der Waals surface area contributed by atoms with Crippen LogP contribution in [0.5, 0.6) is 0 Å². The van der Waals surface area contributed by atoms with E-state index in [0.717, 1.165) is 18.4 Å². The third kappa shape index (κ3) is 4.51. The molecule has 0 radical (unpaired) electrons. The Morgan fingerprint density at radius 2 is 1.78 bits per heavy atom. The van der Waals surface area contributed by atoms with Crippen LogP contribution < -0.4 is 0 Å². The maximum Gasteiger partial charge on any atom is 0.438 e. The topological polar surface area (TPSA) is 52.9 Å². The van der Waals surface area contributed by atoms with Crippen molar-refractivity contribution in [1.29, 1.82) is 0 Å². The molecule has 0 unspecified atom stereocenters. The summed E-state index contributed by atoms with van der Waals surface area (Å²) in [5, 5.41) is 14.4. The summed E-state index contributed by atoms with van der Waals surface area (Å²) in [7, 11) is 0. The molecule has 0 fully saturated rings. The summed E-state index contributed by atoms with van der Waals surface area (Å²) in [6.45, 7) is 7.98. The number of carbonyl (C=O) groups excluding carboxylic acids is 1. The molecule has 2 rings (SSSR count). The van der Waals surface area contributed by atoms with E-state index in [-0.39, 0.29) is 21.7 Å². The van der Waals surface area contributed by atoms with Crippen LogP contribution in [0, 0.1) is 0 Å². The number of unbranched alkanes of at least 4 members (excludes halogenated alkanes) is 2.